The maximum absolute atomic E-state index is 12.3. The Hall–Kier alpha value is -2.73. The van der Waals surface area contributed by atoms with Crippen molar-refractivity contribution in [2.45, 2.75) is 20.3 Å². The molecule has 0 saturated carbocycles. The van der Waals surface area contributed by atoms with Crippen LogP contribution in [0.2, 0.25) is 5.02 Å². The number of halogens is 1. The number of nitrogens with one attached hydrogen (secondary N) is 1. The fraction of sp³-hybridized carbons (Fsp3) is 0.300. The molecule has 0 atom stereocenters. The third-order valence-electron chi connectivity index (χ3n) is 4.02. The third-order valence-corrected chi connectivity index (χ3v) is 4.32. The summed E-state index contributed by atoms with van der Waals surface area (Å²) in [6.07, 6.45) is 0.127. The molecule has 2 amide bonds. The molecule has 1 N–H and O–H groups in total. The zero-order valence-electron chi connectivity index (χ0n) is 15.8. The number of nitrogens with zero attached hydrogens (tertiary/aromatic N) is 1. The van der Waals surface area contributed by atoms with Crippen molar-refractivity contribution in [3.05, 3.63) is 47.0 Å². The molecule has 0 aromatic heterocycles. The fourth-order valence-electron chi connectivity index (χ4n) is 2.58. The topological polar surface area (TPSA) is 67.9 Å². The van der Waals surface area contributed by atoms with Gasteiger partial charge >= 0.3 is 0 Å². The van der Waals surface area contributed by atoms with E-state index in [1.807, 2.05) is 31.2 Å². The first-order chi connectivity index (χ1) is 12.8. The van der Waals surface area contributed by atoms with Crippen LogP contribution in [0.25, 0.3) is 0 Å². The van der Waals surface area contributed by atoms with Crippen molar-refractivity contribution in [3.63, 3.8) is 0 Å². The molecule has 2 rings (SSSR count). The van der Waals surface area contributed by atoms with Crippen LogP contribution in [0.5, 0.6) is 11.5 Å². The molecule has 144 valence electrons. The van der Waals surface area contributed by atoms with Crippen LogP contribution in [0.15, 0.2) is 36.4 Å². The summed E-state index contributed by atoms with van der Waals surface area (Å²) in [5.41, 5.74) is 2.32. The van der Waals surface area contributed by atoms with Gasteiger partial charge in [0.1, 0.15) is 11.5 Å². The Morgan fingerprint density at radius 3 is 2.26 bits per heavy atom. The monoisotopic (exact) mass is 390 g/mol. The van der Waals surface area contributed by atoms with Crippen molar-refractivity contribution in [3.8, 4) is 11.5 Å². The van der Waals surface area contributed by atoms with Gasteiger partial charge in [-0.25, -0.2) is 0 Å². The molecule has 27 heavy (non-hydrogen) atoms. The molecule has 0 saturated heterocycles. The van der Waals surface area contributed by atoms with E-state index < -0.39 is 0 Å². The molecule has 6 nitrogen and oxygen atoms in total. The number of hydrogen-bond acceptors (Lipinski definition) is 4. The number of methoxy groups -OCH3 is 2. The zero-order chi connectivity index (χ0) is 20.0. The van der Waals surface area contributed by atoms with Gasteiger partial charge in [0.2, 0.25) is 11.8 Å². The van der Waals surface area contributed by atoms with Crippen LogP contribution in [0.3, 0.4) is 0 Å². The van der Waals surface area contributed by atoms with Crippen molar-refractivity contribution < 1.29 is 19.1 Å². The van der Waals surface area contributed by atoms with Gasteiger partial charge in [0.25, 0.3) is 0 Å². The van der Waals surface area contributed by atoms with Crippen molar-refractivity contribution in [1.82, 2.24) is 0 Å². The van der Waals surface area contributed by atoms with Gasteiger partial charge in [-0.2, -0.15) is 0 Å². The highest BCUT2D eigenvalue weighted by Crippen LogP contribution is 2.38. The SMILES string of the molecule is COc1cc(N(CCC(=O)Nc2ccc(C)cc2)C(C)=O)c(OC)cc1Cl. The lowest BCUT2D eigenvalue weighted by Crippen LogP contribution is -2.32. The molecule has 7 heteroatoms. The molecular formula is C20H23ClN2O4. The standard InChI is InChI=1S/C20H23ClN2O4/c1-13-5-7-15(8-6-13)22-20(25)9-10-23(14(2)24)17-12-18(26-3)16(21)11-19(17)27-4/h5-8,11-12H,9-10H2,1-4H3,(H,22,25). The van der Waals surface area contributed by atoms with E-state index in [2.05, 4.69) is 5.32 Å². The molecular weight excluding hydrogens is 368 g/mol. The molecule has 0 heterocycles. The minimum atomic E-state index is -0.221. The quantitative estimate of drug-likeness (QED) is 0.774. The van der Waals surface area contributed by atoms with Crippen molar-refractivity contribution in [2.75, 3.05) is 31.0 Å². The lowest BCUT2D eigenvalue weighted by atomic mass is 10.2. The van der Waals surface area contributed by atoms with E-state index in [1.54, 1.807) is 12.1 Å². The van der Waals surface area contributed by atoms with E-state index in [0.29, 0.717) is 27.9 Å². The predicted molar refractivity (Wildman–Crippen MR) is 107 cm³/mol. The number of amides is 2. The summed E-state index contributed by atoms with van der Waals surface area (Å²) < 4.78 is 10.6. The highest BCUT2D eigenvalue weighted by Gasteiger charge is 2.20. The van der Waals surface area contributed by atoms with Crippen molar-refractivity contribution >= 4 is 34.8 Å². The molecule has 0 radical (unpaired) electrons. The summed E-state index contributed by atoms with van der Waals surface area (Å²) in [6.45, 7) is 3.59. The Morgan fingerprint density at radius 1 is 1.07 bits per heavy atom. The first-order valence-electron chi connectivity index (χ1n) is 8.42. The normalized spacial score (nSPS) is 10.3. The number of anilines is 2. The van der Waals surface area contributed by atoms with Crippen LogP contribution < -0.4 is 19.7 Å². The van der Waals surface area contributed by atoms with Gasteiger partial charge in [-0.1, -0.05) is 29.3 Å². The van der Waals surface area contributed by atoms with Gasteiger partial charge in [-0.15, -0.1) is 0 Å². The number of carbonyl (C=O) groups excluding carboxylic acids is 2. The zero-order valence-corrected chi connectivity index (χ0v) is 16.6. The van der Waals surface area contributed by atoms with Gasteiger partial charge in [0.05, 0.1) is 24.9 Å². The first-order valence-corrected chi connectivity index (χ1v) is 8.79. The molecule has 2 aromatic carbocycles. The molecule has 2 aromatic rings. The Labute approximate surface area is 164 Å². The summed E-state index contributed by atoms with van der Waals surface area (Å²) >= 11 is 6.12. The number of hydrogen-bond donors (Lipinski definition) is 1. The van der Waals surface area contributed by atoms with Gasteiger partial charge in [-0.05, 0) is 19.1 Å². The maximum atomic E-state index is 12.3. The lowest BCUT2D eigenvalue weighted by Gasteiger charge is -2.24. The van der Waals surface area contributed by atoms with Gasteiger partial charge in [0.15, 0.2) is 0 Å². The van der Waals surface area contributed by atoms with Gasteiger partial charge in [0, 0.05) is 37.7 Å². The Kier molecular flexibility index (Phi) is 7.07. The van der Waals surface area contributed by atoms with E-state index >= 15 is 0 Å². The Balaban J connectivity index is 2.15. The summed E-state index contributed by atoms with van der Waals surface area (Å²) in [4.78, 5) is 25.9. The smallest absolute Gasteiger partial charge is 0.226 e. The second-order valence-electron chi connectivity index (χ2n) is 5.99. The Morgan fingerprint density at radius 2 is 1.70 bits per heavy atom. The van der Waals surface area contributed by atoms with Crippen LogP contribution in [0.4, 0.5) is 11.4 Å². The molecule has 0 unspecified atom stereocenters. The van der Waals surface area contributed by atoms with Crippen LogP contribution in [0, 0.1) is 6.92 Å². The minimum absolute atomic E-state index is 0.127. The number of rotatable bonds is 7. The number of ether oxygens (including phenoxy) is 2. The number of benzene rings is 2. The lowest BCUT2D eigenvalue weighted by molar-refractivity contribution is -0.117. The fourth-order valence-corrected chi connectivity index (χ4v) is 2.81. The maximum Gasteiger partial charge on any atom is 0.226 e. The van der Waals surface area contributed by atoms with Crippen LogP contribution in [-0.4, -0.2) is 32.6 Å². The summed E-state index contributed by atoms with van der Waals surface area (Å²) in [6, 6.07) is 10.7. The average Bonchev–Trinajstić information content (AvgIpc) is 2.64. The Bertz CT molecular complexity index is 821. The van der Waals surface area contributed by atoms with Gasteiger partial charge < -0.3 is 19.7 Å². The van der Waals surface area contributed by atoms with Crippen LogP contribution in [0.1, 0.15) is 18.9 Å². The molecule has 0 fully saturated rings. The van der Waals surface area contributed by atoms with Crippen molar-refractivity contribution in [2.24, 2.45) is 0 Å². The van der Waals surface area contributed by atoms with E-state index in [1.165, 1.54) is 26.0 Å². The minimum Gasteiger partial charge on any atom is -0.495 e. The predicted octanol–water partition coefficient (Wildman–Crippen LogP) is 4.05. The summed E-state index contributed by atoms with van der Waals surface area (Å²) in [5.74, 6) is 0.434. The van der Waals surface area contributed by atoms with Crippen molar-refractivity contribution in [1.29, 1.82) is 0 Å². The highest BCUT2D eigenvalue weighted by molar-refractivity contribution is 6.32. The number of aryl methyl sites for hydroxylation is 1. The largest absolute Gasteiger partial charge is 0.495 e. The summed E-state index contributed by atoms with van der Waals surface area (Å²) in [7, 11) is 2.98. The van der Waals surface area contributed by atoms with E-state index in [4.69, 9.17) is 21.1 Å². The number of carbonyl (C=O) groups is 2. The molecule has 0 aliphatic rings. The molecule has 0 aliphatic carbocycles. The van der Waals surface area contributed by atoms with E-state index in [9.17, 15) is 9.59 Å². The average molecular weight is 391 g/mol. The van der Waals surface area contributed by atoms with E-state index in [-0.39, 0.29) is 24.8 Å². The van der Waals surface area contributed by atoms with Crippen LogP contribution in [-0.2, 0) is 9.59 Å². The van der Waals surface area contributed by atoms with Crippen LogP contribution >= 0.6 is 11.6 Å². The second-order valence-corrected chi connectivity index (χ2v) is 6.40. The summed E-state index contributed by atoms with van der Waals surface area (Å²) in [5, 5.41) is 3.20. The molecule has 0 bridgehead atoms. The highest BCUT2D eigenvalue weighted by atomic mass is 35.5. The first kappa shape index (κ1) is 20.6. The third kappa shape index (κ3) is 5.37. The second kappa shape index (κ2) is 9.28. The van der Waals surface area contributed by atoms with E-state index in [0.717, 1.165) is 5.56 Å². The molecule has 0 spiro atoms. The van der Waals surface area contributed by atoms with Gasteiger partial charge in [-0.3, -0.25) is 9.59 Å². The molecule has 0 aliphatic heterocycles.